The minimum atomic E-state index is -2.72. The summed E-state index contributed by atoms with van der Waals surface area (Å²) in [4.78, 5) is 0. The van der Waals surface area contributed by atoms with E-state index in [1.165, 1.54) is 14.2 Å². The van der Waals surface area contributed by atoms with E-state index in [9.17, 15) is 0 Å². The van der Waals surface area contributed by atoms with Gasteiger partial charge >= 0.3 is 8.97 Å². The third kappa shape index (κ3) is 3.28. The van der Waals surface area contributed by atoms with Crippen LogP contribution in [0.15, 0.2) is 0 Å². The highest BCUT2D eigenvalue weighted by molar-refractivity contribution is 6.56. The molecule has 0 unspecified atom stereocenters. The van der Waals surface area contributed by atoms with Crippen LogP contribution >= 0.6 is 0 Å². The van der Waals surface area contributed by atoms with Gasteiger partial charge in [-0.2, -0.15) is 0 Å². The zero-order chi connectivity index (χ0) is 8.04. The molecule has 0 heterocycles. The van der Waals surface area contributed by atoms with Gasteiger partial charge in [0.05, 0.1) is 0 Å². The van der Waals surface area contributed by atoms with Crippen LogP contribution in [-0.2, 0) is 13.3 Å². The molecule has 0 aliphatic heterocycles. The zero-order valence-electron chi connectivity index (χ0n) is 6.72. The standard InChI is InChI=1S/C5H15NO3Si/c1-4-5-9-10(6,7-2)8-3/h4-6H2,1-3H3. The highest BCUT2D eigenvalue weighted by Gasteiger charge is 2.33. The van der Waals surface area contributed by atoms with Crippen LogP contribution in [0, 0.1) is 0 Å². The fourth-order valence-corrected chi connectivity index (χ4v) is 1.34. The molecule has 0 saturated carbocycles. The van der Waals surface area contributed by atoms with Crippen molar-refractivity contribution in [1.29, 1.82) is 0 Å². The van der Waals surface area contributed by atoms with Gasteiger partial charge < -0.3 is 13.3 Å². The van der Waals surface area contributed by atoms with E-state index in [1.54, 1.807) is 0 Å². The molecule has 0 saturated heterocycles. The lowest BCUT2D eigenvalue weighted by Crippen LogP contribution is -2.53. The van der Waals surface area contributed by atoms with Gasteiger partial charge in [-0.1, -0.05) is 6.92 Å². The Kier molecular flexibility index (Phi) is 4.84. The smallest absolute Gasteiger partial charge is 0.365 e. The van der Waals surface area contributed by atoms with Crippen LogP contribution in [-0.4, -0.2) is 29.8 Å². The second kappa shape index (κ2) is 4.81. The molecule has 0 rings (SSSR count). The quantitative estimate of drug-likeness (QED) is 0.587. The Hall–Kier alpha value is 0.0569. The van der Waals surface area contributed by atoms with Gasteiger partial charge in [-0.05, 0) is 6.42 Å². The maximum absolute atomic E-state index is 5.55. The first-order chi connectivity index (χ1) is 4.68. The summed E-state index contributed by atoms with van der Waals surface area (Å²) in [6.07, 6.45) is 0.915. The number of nitrogens with two attached hydrogens (primary N) is 1. The molecular formula is C5H15NO3Si. The van der Waals surface area contributed by atoms with Gasteiger partial charge in [-0.3, -0.25) is 5.40 Å². The molecule has 0 aliphatic rings. The molecule has 0 aromatic heterocycles. The Bertz CT molecular complexity index is 87.0. The lowest BCUT2D eigenvalue weighted by molar-refractivity contribution is 0.0995. The van der Waals surface area contributed by atoms with E-state index >= 15 is 0 Å². The summed E-state index contributed by atoms with van der Waals surface area (Å²) >= 11 is 0. The fourth-order valence-electron chi connectivity index (χ4n) is 0.446. The van der Waals surface area contributed by atoms with E-state index in [0.29, 0.717) is 6.61 Å². The molecule has 2 N–H and O–H groups in total. The Morgan fingerprint density at radius 2 is 1.80 bits per heavy atom. The molecule has 0 atom stereocenters. The number of rotatable bonds is 5. The summed E-state index contributed by atoms with van der Waals surface area (Å²) in [5, 5.41) is 5.55. The van der Waals surface area contributed by atoms with E-state index in [4.69, 9.17) is 18.7 Å². The first-order valence-corrected chi connectivity index (χ1v) is 5.02. The molecule has 5 heteroatoms. The van der Waals surface area contributed by atoms with E-state index < -0.39 is 8.97 Å². The number of hydrogen-bond donors (Lipinski definition) is 1. The van der Waals surface area contributed by atoms with E-state index in [-0.39, 0.29) is 0 Å². The third-order valence-electron chi connectivity index (χ3n) is 1.08. The van der Waals surface area contributed by atoms with Crippen LogP contribution < -0.4 is 5.40 Å². The van der Waals surface area contributed by atoms with E-state index in [1.807, 2.05) is 6.92 Å². The highest BCUT2D eigenvalue weighted by Crippen LogP contribution is 1.98. The topological polar surface area (TPSA) is 53.7 Å². The molecule has 10 heavy (non-hydrogen) atoms. The Morgan fingerprint density at radius 1 is 1.30 bits per heavy atom. The Morgan fingerprint density at radius 3 is 2.10 bits per heavy atom. The first kappa shape index (κ1) is 10.1. The lowest BCUT2D eigenvalue weighted by Gasteiger charge is -2.19. The normalized spacial score (nSPS) is 12.0. The van der Waals surface area contributed by atoms with Gasteiger partial charge in [0, 0.05) is 20.8 Å². The predicted molar refractivity (Wildman–Crippen MR) is 40.2 cm³/mol. The average Bonchev–Trinajstić information content (AvgIpc) is 2.00. The summed E-state index contributed by atoms with van der Waals surface area (Å²) < 4.78 is 14.9. The lowest BCUT2D eigenvalue weighted by atomic mass is 10.5. The van der Waals surface area contributed by atoms with Crippen molar-refractivity contribution in [1.82, 2.24) is 0 Å². The first-order valence-electron chi connectivity index (χ1n) is 3.21. The zero-order valence-corrected chi connectivity index (χ0v) is 7.72. The van der Waals surface area contributed by atoms with Gasteiger partial charge in [-0.25, -0.2) is 0 Å². The van der Waals surface area contributed by atoms with Crippen molar-refractivity contribution < 1.29 is 13.3 Å². The van der Waals surface area contributed by atoms with Gasteiger partial charge in [0.25, 0.3) is 0 Å². The Labute approximate surface area is 62.7 Å². The molecule has 0 spiro atoms. The molecule has 62 valence electrons. The van der Waals surface area contributed by atoms with Gasteiger partial charge in [0.15, 0.2) is 0 Å². The molecule has 0 radical (unpaired) electrons. The number of hydrogen-bond acceptors (Lipinski definition) is 4. The molecule has 0 aliphatic carbocycles. The van der Waals surface area contributed by atoms with Crippen molar-refractivity contribution in [2.45, 2.75) is 13.3 Å². The monoisotopic (exact) mass is 165 g/mol. The molecule has 4 nitrogen and oxygen atoms in total. The molecule has 0 fully saturated rings. The van der Waals surface area contributed by atoms with Crippen molar-refractivity contribution in [2.24, 2.45) is 5.40 Å². The van der Waals surface area contributed by atoms with Crippen molar-refractivity contribution in [3.8, 4) is 0 Å². The minimum absolute atomic E-state index is 0.588. The summed E-state index contributed by atoms with van der Waals surface area (Å²) in [6.45, 7) is 2.59. The predicted octanol–water partition coefficient (Wildman–Crippen LogP) is 0.100. The van der Waals surface area contributed by atoms with Crippen LogP contribution in [0.3, 0.4) is 0 Å². The van der Waals surface area contributed by atoms with Crippen molar-refractivity contribution in [3.63, 3.8) is 0 Å². The molecule has 0 bridgehead atoms. The maximum Gasteiger partial charge on any atom is 0.593 e. The highest BCUT2D eigenvalue weighted by atomic mass is 28.4. The second-order valence-electron chi connectivity index (χ2n) is 1.86. The van der Waals surface area contributed by atoms with Crippen LogP contribution in [0.4, 0.5) is 0 Å². The maximum atomic E-state index is 5.55. The molecule has 0 aromatic rings. The van der Waals surface area contributed by atoms with Gasteiger partial charge in [0.1, 0.15) is 0 Å². The van der Waals surface area contributed by atoms with Crippen LogP contribution in [0.1, 0.15) is 13.3 Å². The van der Waals surface area contributed by atoms with E-state index in [0.717, 1.165) is 6.42 Å². The molecule has 0 aromatic carbocycles. The summed E-state index contributed by atoms with van der Waals surface area (Å²) in [5.74, 6) is 0. The fraction of sp³-hybridized carbons (Fsp3) is 1.00. The summed E-state index contributed by atoms with van der Waals surface area (Å²) in [5.41, 5.74) is 0. The molecule has 0 amide bonds. The molecular weight excluding hydrogens is 150 g/mol. The third-order valence-corrected chi connectivity index (χ3v) is 2.82. The van der Waals surface area contributed by atoms with Crippen LogP contribution in [0.25, 0.3) is 0 Å². The van der Waals surface area contributed by atoms with Gasteiger partial charge in [-0.15, -0.1) is 0 Å². The van der Waals surface area contributed by atoms with Gasteiger partial charge in [0.2, 0.25) is 0 Å². The SMILES string of the molecule is CCCO[Si](N)(OC)OC. The van der Waals surface area contributed by atoms with Crippen LogP contribution in [0.5, 0.6) is 0 Å². The largest absolute Gasteiger partial charge is 0.593 e. The van der Waals surface area contributed by atoms with Crippen molar-refractivity contribution in [3.05, 3.63) is 0 Å². The second-order valence-corrected chi connectivity index (χ2v) is 4.17. The van der Waals surface area contributed by atoms with Crippen LogP contribution in [0.2, 0.25) is 0 Å². The summed E-state index contributed by atoms with van der Waals surface area (Å²) in [6, 6.07) is 0. The van der Waals surface area contributed by atoms with Crippen molar-refractivity contribution in [2.75, 3.05) is 20.8 Å². The Balaban J connectivity index is 3.58. The minimum Gasteiger partial charge on any atom is -0.365 e. The van der Waals surface area contributed by atoms with Crippen molar-refractivity contribution >= 4 is 8.97 Å². The van der Waals surface area contributed by atoms with E-state index in [2.05, 4.69) is 0 Å². The summed E-state index contributed by atoms with van der Waals surface area (Å²) in [7, 11) is 0.265. The average molecular weight is 165 g/mol.